The average molecular weight is 894 g/mol. The first-order valence-corrected chi connectivity index (χ1v) is 20.6. The second-order valence-electron chi connectivity index (χ2n) is 13.9. The molecule has 2 aromatic carbocycles. The normalized spacial score (nSPS) is 21.2. The van der Waals surface area contributed by atoms with E-state index in [1.54, 1.807) is 60.7 Å². The summed E-state index contributed by atoms with van der Waals surface area (Å²) in [6.45, 7) is 4.79. The van der Waals surface area contributed by atoms with E-state index in [0.717, 1.165) is 27.7 Å². The molecule has 0 aliphatic carbocycles. The topological polar surface area (TPSA) is 316 Å². The largest absolute Gasteiger partial charge is 0.477 e. The zero-order chi connectivity index (χ0) is 46.1. The second-order valence-corrected chi connectivity index (χ2v) is 15.5. The Bertz CT molecular complexity index is 1940. The Labute approximate surface area is 356 Å². The van der Waals surface area contributed by atoms with Crippen LogP contribution in [0.5, 0.6) is 0 Å². The van der Waals surface area contributed by atoms with Gasteiger partial charge in [-0.1, -0.05) is 60.7 Å². The number of hydrogen-bond acceptors (Lipinski definition) is 18. The molecule has 0 spiro atoms. The Balaban J connectivity index is 1.85. The molecular formula is C39H52N5O17P. The number of phosphoric acid groups is 1. The van der Waals surface area contributed by atoms with Gasteiger partial charge in [-0.3, -0.25) is 51.9 Å². The molecule has 1 saturated heterocycles. The lowest BCUT2D eigenvalue weighted by Crippen LogP contribution is -2.62. The Morgan fingerprint density at radius 2 is 1.21 bits per heavy atom. The number of carbonyl (C=O) groups is 8. The molecule has 1 unspecified atom stereocenters. The van der Waals surface area contributed by atoms with Crippen molar-refractivity contribution in [1.29, 1.82) is 0 Å². The van der Waals surface area contributed by atoms with Gasteiger partial charge in [0, 0.05) is 34.1 Å². The number of phosphoric ester groups is 1. The fourth-order valence-electron chi connectivity index (χ4n) is 5.60. The van der Waals surface area contributed by atoms with Gasteiger partial charge in [-0.15, -0.1) is 0 Å². The monoisotopic (exact) mass is 893 g/mol. The summed E-state index contributed by atoms with van der Waals surface area (Å²) in [5.41, 5.74) is 12.5. The van der Waals surface area contributed by atoms with Crippen LogP contribution in [-0.2, 0) is 93.2 Å². The predicted octanol–water partition coefficient (Wildman–Crippen LogP) is -0.0229. The highest BCUT2D eigenvalue weighted by atomic mass is 31.2. The van der Waals surface area contributed by atoms with Crippen LogP contribution in [0.15, 0.2) is 60.7 Å². The quantitative estimate of drug-likeness (QED) is 0.0589. The second kappa shape index (κ2) is 24.0. The molecule has 1 heterocycles. The molecule has 0 aromatic heterocycles. The zero-order valence-corrected chi connectivity index (χ0v) is 35.7. The molecule has 4 amide bonds. The van der Waals surface area contributed by atoms with Crippen LogP contribution in [-0.4, -0.2) is 116 Å². The highest BCUT2D eigenvalue weighted by Crippen LogP contribution is 2.53. The van der Waals surface area contributed by atoms with Crippen molar-refractivity contribution >= 4 is 55.3 Å². The first kappa shape index (κ1) is 50.6. The van der Waals surface area contributed by atoms with Crippen molar-refractivity contribution in [3.8, 4) is 0 Å². The number of ether oxygens (including phenoxy) is 5. The first-order chi connectivity index (χ1) is 29.2. The summed E-state index contributed by atoms with van der Waals surface area (Å²) in [5, 5.41) is 7.35. The van der Waals surface area contributed by atoms with Crippen molar-refractivity contribution in [3.63, 3.8) is 0 Å². The summed E-state index contributed by atoms with van der Waals surface area (Å²) >= 11 is 0. The van der Waals surface area contributed by atoms with Crippen molar-refractivity contribution in [2.45, 2.75) is 109 Å². The molecular weight excluding hydrogens is 841 g/mol. The number of amides is 4. The van der Waals surface area contributed by atoms with E-state index >= 15 is 0 Å². The van der Waals surface area contributed by atoms with Crippen molar-refractivity contribution in [3.05, 3.63) is 71.8 Å². The van der Waals surface area contributed by atoms with Crippen LogP contribution in [0.3, 0.4) is 0 Å². The molecule has 23 heteroatoms. The number of nitrogens with one attached hydrogen (secondary N) is 3. The molecule has 0 saturated carbocycles. The number of nitrogens with two attached hydrogens (primary N) is 2. The Morgan fingerprint density at radius 1 is 0.677 bits per heavy atom. The Morgan fingerprint density at radius 3 is 1.76 bits per heavy atom. The van der Waals surface area contributed by atoms with E-state index in [9.17, 15) is 42.9 Å². The smallest absolute Gasteiger partial charge is 0.463 e. The summed E-state index contributed by atoms with van der Waals surface area (Å²) in [7, 11) is -5.02. The third-order valence-corrected chi connectivity index (χ3v) is 9.99. The highest BCUT2D eigenvalue weighted by Gasteiger charge is 2.55. The maximum absolute atomic E-state index is 14.5. The third-order valence-electron chi connectivity index (χ3n) is 8.62. The van der Waals surface area contributed by atoms with Gasteiger partial charge in [0.1, 0.15) is 36.9 Å². The number of carbonyl (C=O) groups excluding carboxylic acids is 8. The maximum Gasteiger partial charge on any atom is 0.477 e. The maximum atomic E-state index is 14.5. The molecule has 1 aliphatic rings. The standard InChI is InChI=1S/C39H52N5O17P/c1-21(35(41)49)42-38(52)30(17-27-13-9-7-10-14-27)44-36(50)22(2)43-37(51)29(40)19-56-62(53,55-18-28-15-11-8-12-16-28)61-39-34(59-26(6)48)33(58-25(5)47)32(57-24(4)46)31(60-39)20-54-23(3)45/h7-16,21-22,29-34,39H,17-20,40H2,1-6H3,(H2,41,49)(H,42,52)(H,43,51)(H,44,50)/t21-,22-,29-,30-,31+,32+,33-,34-,39+,62?/m0/s1. The van der Waals surface area contributed by atoms with Crippen LogP contribution in [0.2, 0.25) is 0 Å². The van der Waals surface area contributed by atoms with E-state index in [1.165, 1.54) is 13.8 Å². The minimum Gasteiger partial charge on any atom is -0.463 e. The molecule has 10 atom stereocenters. The van der Waals surface area contributed by atoms with E-state index < -0.39 is 130 Å². The summed E-state index contributed by atoms with van der Waals surface area (Å²) in [6, 6.07) is 11.6. The molecule has 22 nitrogen and oxygen atoms in total. The van der Waals surface area contributed by atoms with Gasteiger partial charge in [-0.2, -0.15) is 0 Å². The van der Waals surface area contributed by atoms with Crippen LogP contribution in [0.25, 0.3) is 0 Å². The number of hydrogen-bond donors (Lipinski definition) is 5. The zero-order valence-electron chi connectivity index (χ0n) is 34.8. The molecule has 7 N–H and O–H groups in total. The van der Waals surface area contributed by atoms with E-state index in [-0.39, 0.29) is 6.42 Å². The lowest BCUT2D eigenvalue weighted by atomic mass is 9.98. The third kappa shape index (κ3) is 16.6. The van der Waals surface area contributed by atoms with Crippen molar-refractivity contribution in [2.75, 3.05) is 13.2 Å². The van der Waals surface area contributed by atoms with Gasteiger partial charge < -0.3 is 51.1 Å². The van der Waals surface area contributed by atoms with Crippen molar-refractivity contribution in [2.24, 2.45) is 11.5 Å². The molecule has 1 fully saturated rings. The van der Waals surface area contributed by atoms with Crippen LogP contribution in [0, 0.1) is 0 Å². The van der Waals surface area contributed by atoms with E-state index in [4.69, 9.17) is 48.7 Å². The first-order valence-electron chi connectivity index (χ1n) is 19.1. The molecule has 0 radical (unpaired) electrons. The number of esters is 4. The van der Waals surface area contributed by atoms with Crippen LogP contribution in [0.1, 0.15) is 52.7 Å². The lowest BCUT2D eigenvalue weighted by molar-refractivity contribution is -0.292. The highest BCUT2D eigenvalue weighted by molar-refractivity contribution is 7.48. The summed E-state index contributed by atoms with van der Waals surface area (Å²) < 4.78 is 58.4. The van der Waals surface area contributed by atoms with Crippen LogP contribution >= 0.6 is 7.82 Å². The predicted molar refractivity (Wildman–Crippen MR) is 212 cm³/mol. The van der Waals surface area contributed by atoms with Crippen molar-refractivity contribution < 1.29 is 80.2 Å². The SMILES string of the molecule is CC(=O)OC[C@H]1O[C@H](OP(=O)(OCc2ccccc2)OC[C@H](N)C(=O)N[C@@H](C)C(=O)N[C@@H](Cc2ccccc2)C(=O)N[C@@H](C)C(N)=O)[C@@H](OC(C)=O)[C@@H](OC(C)=O)[C@@H]1OC(C)=O. The van der Waals surface area contributed by atoms with Gasteiger partial charge >= 0.3 is 31.7 Å². The molecule has 62 heavy (non-hydrogen) atoms. The molecule has 2 aromatic rings. The van der Waals surface area contributed by atoms with Gasteiger partial charge in [0.15, 0.2) is 18.3 Å². The number of primary amides is 1. The lowest BCUT2D eigenvalue weighted by Gasteiger charge is -2.44. The summed E-state index contributed by atoms with van der Waals surface area (Å²) in [4.78, 5) is 99.8. The Kier molecular flexibility index (Phi) is 19.6. The van der Waals surface area contributed by atoms with Gasteiger partial charge in [0.25, 0.3) is 0 Å². The van der Waals surface area contributed by atoms with Gasteiger partial charge in [-0.25, -0.2) is 4.57 Å². The minimum absolute atomic E-state index is 0.00966. The van der Waals surface area contributed by atoms with Gasteiger partial charge in [0.2, 0.25) is 29.9 Å². The van der Waals surface area contributed by atoms with E-state index in [1.807, 2.05) is 0 Å². The molecule has 0 bridgehead atoms. The number of rotatable bonds is 22. The summed E-state index contributed by atoms with van der Waals surface area (Å²) in [6.07, 6.45) is -8.59. The fourth-order valence-corrected chi connectivity index (χ4v) is 6.87. The molecule has 340 valence electrons. The minimum atomic E-state index is -5.02. The molecule has 1 aliphatic heterocycles. The van der Waals surface area contributed by atoms with Crippen LogP contribution in [0.4, 0.5) is 0 Å². The van der Waals surface area contributed by atoms with E-state index in [0.29, 0.717) is 11.1 Å². The van der Waals surface area contributed by atoms with Crippen LogP contribution < -0.4 is 27.4 Å². The number of benzene rings is 2. The average Bonchev–Trinajstić information content (AvgIpc) is 3.20. The van der Waals surface area contributed by atoms with E-state index in [2.05, 4.69) is 16.0 Å². The molecule has 3 rings (SSSR count). The Hall–Kier alpha value is -5.77. The van der Waals surface area contributed by atoms with Crippen molar-refractivity contribution in [1.82, 2.24) is 16.0 Å². The summed E-state index contributed by atoms with van der Waals surface area (Å²) in [5.74, 6) is -6.95. The van der Waals surface area contributed by atoms with Gasteiger partial charge in [0.05, 0.1) is 13.2 Å². The fraction of sp³-hybridized carbons (Fsp3) is 0.487. The van der Waals surface area contributed by atoms with Gasteiger partial charge in [-0.05, 0) is 25.0 Å².